The van der Waals surface area contributed by atoms with E-state index >= 15 is 0 Å². The first-order valence-corrected chi connectivity index (χ1v) is 7.24. The Balaban J connectivity index is 1.96. The topological polar surface area (TPSA) is 56.5 Å². The van der Waals surface area contributed by atoms with Gasteiger partial charge in [0.25, 0.3) is 0 Å². The number of aliphatic hydroxyl groups excluding tert-OH is 1. The third kappa shape index (κ3) is 2.02. The van der Waals surface area contributed by atoms with Crippen molar-refractivity contribution in [3.05, 3.63) is 42.0 Å². The molecular weight excluding hydrogens is 280 g/mol. The first-order valence-electron chi connectivity index (χ1n) is 7.24. The second-order valence-corrected chi connectivity index (χ2v) is 5.37. The van der Waals surface area contributed by atoms with Gasteiger partial charge in [-0.3, -0.25) is 0 Å². The quantitative estimate of drug-likeness (QED) is 0.807. The van der Waals surface area contributed by atoms with Crippen LogP contribution in [0.5, 0.6) is 11.5 Å². The van der Waals surface area contributed by atoms with Gasteiger partial charge in [-0.05, 0) is 13.0 Å². The normalized spacial score (nSPS) is 13.0. The number of ether oxygens (including phenoxy) is 2. The molecule has 0 saturated carbocycles. The lowest BCUT2D eigenvalue weighted by Crippen LogP contribution is -2.04. The molecule has 5 nitrogen and oxygen atoms in total. The Kier molecular flexibility index (Phi) is 3.01. The SMILES string of the molecule is Cc1cccc(-c2nc3cc4c(cc3n2CCO)OCO4)c1. The number of aromatic nitrogens is 2. The molecule has 0 fully saturated rings. The molecule has 2 heterocycles. The fourth-order valence-electron chi connectivity index (χ4n) is 2.85. The van der Waals surface area contributed by atoms with E-state index < -0.39 is 0 Å². The van der Waals surface area contributed by atoms with Gasteiger partial charge in [0.05, 0.1) is 17.6 Å². The summed E-state index contributed by atoms with van der Waals surface area (Å²) >= 11 is 0. The van der Waals surface area contributed by atoms with E-state index in [4.69, 9.17) is 14.5 Å². The summed E-state index contributed by atoms with van der Waals surface area (Å²) in [6.07, 6.45) is 0. The Bertz CT molecular complexity index is 854. The first-order chi connectivity index (χ1) is 10.8. The lowest BCUT2D eigenvalue weighted by Gasteiger charge is -2.08. The summed E-state index contributed by atoms with van der Waals surface area (Å²) in [5.41, 5.74) is 3.99. The van der Waals surface area contributed by atoms with E-state index in [9.17, 15) is 5.11 Å². The minimum atomic E-state index is 0.0543. The van der Waals surface area contributed by atoms with E-state index in [1.54, 1.807) is 0 Å². The zero-order valence-corrected chi connectivity index (χ0v) is 12.2. The van der Waals surface area contributed by atoms with Crippen LogP contribution in [0.4, 0.5) is 0 Å². The van der Waals surface area contributed by atoms with Crippen LogP contribution in [-0.2, 0) is 6.54 Å². The van der Waals surface area contributed by atoms with Crippen LogP contribution in [0.15, 0.2) is 36.4 Å². The van der Waals surface area contributed by atoms with Gasteiger partial charge in [-0.1, -0.05) is 23.8 Å². The molecule has 22 heavy (non-hydrogen) atoms. The monoisotopic (exact) mass is 296 g/mol. The molecule has 1 aliphatic heterocycles. The van der Waals surface area contributed by atoms with Gasteiger partial charge in [-0.15, -0.1) is 0 Å². The average Bonchev–Trinajstić information content (AvgIpc) is 3.10. The first kappa shape index (κ1) is 13.2. The highest BCUT2D eigenvalue weighted by Crippen LogP contribution is 2.37. The number of fused-ring (bicyclic) bond motifs is 2. The highest BCUT2D eigenvalue weighted by molar-refractivity contribution is 5.84. The van der Waals surface area contributed by atoms with Gasteiger partial charge in [0, 0.05) is 24.2 Å². The van der Waals surface area contributed by atoms with Crippen molar-refractivity contribution in [2.75, 3.05) is 13.4 Å². The van der Waals surface area contributed by atoms with Crippen LogP contribution in [0.3, 0.4) is 0 Å². The molecule has 1 aromatic heterocycles. The third-order valence-corrected chi connectivity index (χ3v) is 3.84. The maximum absolute atomic E-state index is 9.41. The maximum Gasteiger partial charge on any atom is 0.231 e. The summed E-state index contributed by atoms with van der Waals surface area (Å²) in [7, 11) is 0. The van der Waals surface area contributed by atoms with Crippen LogP contribution in [0, 0.1) is 6.92 Å². The van der Waals surface area contributed by atoms with Crippen molar-refractivity contribution in [3.63, 3.8) is 0 Å². The Morgan fingerprint density at radius 2 is 2.00 bits per heavy atom. The van der Waals surface area contributed by atoms with Crippen LogP contribution < -0.4 is 9.47 Å². The van der Waals surface area contributed by atoms with Crippen molar-refractivity contribution >= 4 is 11.0 Å². The summed E-state index contributed by atoms with van der Waals surface area (Å²) in [6.45, 7) is 2.84. The Morgan fingerprint density at radius 3 is 2.77 bits per heavy atom. The standard InChI is InChI=1S/C17H16N2O3/c1-11-3-2-4-12(7-11)17-18-13-8-15-16(22-10-21-15)9-14(13)19(17)5-6-20/h2-4,7-9,20H,5-6,10H2,1H3. The van der Waals surface area contributed by atoms with Crippen molar-refractivity contribution in [1.82, 2.24) is 9.55 Å². The number of hydrogen-bond acceptors (Lipinski definition) is 4. The predicted molar refractivity (Wildman–Crippen MR) is 83.1 cm³/mol. The van der Waals surface area contributed by atoms with Gasteiger partial charge in [-0.2, -0.15) is 0 Å². The van der Waals surface area contributed by atoms with Gasteiger partial charge in [0.15, 0.2) is 11.5 Å². The van der Waals surface area contributed by atoms with Crippen LogP contribution in [0.2, 0.25) is 0 Å². The number of aliphatic hydroxyl groups is 1. The molecular formula is C17H16N2O3. The summed E-state index contributed by atoms with van der Waals surface area (Å²) in [6, 6.07) is 12.0. The minimum Gasteiger partial charge on any atom is -0.454 e. The molecule has 0 unspecified atom stereocenters. The molecule has 0 atom stereocenters. The van der Waals surface area contributed by atoms with E-state index in [2.05, 4.69) is 19.1 Å². The molecule has 0 amide bonds. The van der Waals surface area contributed by atoms with Crippen LogP contribution >= 0.6 is 0 Å². The van der Waals surface area contributed by atoms with Gasteiger partial charge in [0.1, 0.15) is 5.82 Å². The lowest BCUT2D eigenvalue weighted by atomic mass is 10.1. The van der Waals surface area contributed by atoms with Crippen molar-refractivity contribution in [2.45, 2.75) is 13.5 Å². The van der Waals surface area contributed by atoms with Crippen molar-refractivity contribution in [3.8, 4) is 22.9 Å². The van der Waals surface area contributed by atoms with Crippen molar-refractivity contribution < 1.29 is 14.6 Å². The molecule has 1 aliphatic rings. The third-order valence-electron chi connectivity index (χ3n) is 3.84. The molecule has 0 spiro atoms. The number of aryl methyl sites for hydroxylation is 1. The number of hydrogen-bond donors (Lipinski definition) is 1. The van der Waals surface area contributed by atoms with Gasteiger partial charge in [-0.25, -0.2) is 4.98 Å². The number of imidazole rings is 1. The fraction of sp³-hybridized carbons (Fsp3) is 0.235. The van der Waals surface area contributed by atoms with Crippen LogP contribution in [-0.4, -0.2) is 28.1 Å². The Labute approximate surface area is 127 Å². The number of nitrogens with zero attached hydrogens (tertiary/aromatic N) is 2. The van der Waals surface area contributed by atoms with Crippen LogP contribution in [0.1, 0.15) is 5.56 Å². The Morgan fingerprint density at radius 1 is 1.18 bits per heavy atom. The van der Waals surface area contributed by atoms with Crippen LogP contribution in [0.25, 0.3) is 22.4 Å². The molecule has 0 aliphatic carbocycles. The van der Waals surface area contributed by atoms with Gasteiger partial charge < -0.3 is 19.1 Å². The van der Waals surface area contributed by atoms with E-state index in [1.165, 1.54) is 5.56 Å². The van der Waals surface area contributed by atoms with E-state index in [1.807, 2.05) is 28.8 Å². The summed E-state index contributed by atoms with van der Waals surface area (Å²) < 4.78 is 12.9. The highest BCUT2D eigenvalue weighted by atomic mass is 16.7. The zero-order valence-electron chi connectivity index (χ0n) is 12.2. The zero-order chi connectivity index (χ0) is 15.1. The second-order valence-electron chi connectivity index (χ2n) is 5.37. The number of benzene rings is 2. The minimum absolute atomic E-state index is 0.0543. The largest absolute Gasteiger partial charge is 0.454 e. The molecule has 0 saturated heterocycles. The summed E-state index contributed by atoms with van der Waals surface area (Å²) in [5.74, 6) is 2.29. The highest BCUT2D eigenvalue weighted by Gasteiger charge is 2.19. The summed E-state index contributed by atoms with van der Waals surface area (Å²) in [5, 5.41) is 9.41. The summed E-state index contributed by atoms with van der Waals surface area (Å²) in [4.78, 5) is 4.74. The van der Waals surface area contributed by atoms with Crippen molar-refractivity contribution in [1.29, 1.82) is 0 Å². The van der Waals surface area contributed by atoms with E-state index in [0.717, 1.165) is 33.9 Å². The van der Waals surface area contributed by atoms with Gasteiger partial charge in [0.2, 0.25) is 6.79 Å². The Hall–Kier alpha value is -2.53. The van der Waals surface area contributed by atoms with Gasteiger partial charge >= 0.3 is 0 Å². The second kappa shape index (κ2) is 5.03. The number of rotatable bonds is 3. The molecule has 4 rings (SSSR count). The smallest absolute Gasteiger partial charge is 0.231 e. The maximum atomic E-state index is 9.41. The lowest BCUT2D eigenvalue weighted by molar-refractivity contribution is 0.174. The predicted octanol–water partition coefficient (Wildman–Crippen LogP) is 2.73. The average molecular weight is 296 g/mol. The molecule has 112 valence electrons. The molecule has 0 radical (unpaired) electrons. The van der Waals surface area contributed by atoms with E-state index in [0.29, 0.717) is 6.54 Å². The van der Waals surface area contributed by atoms with Crippen molar-refractivity contribution in [2.24, 2.45) is 0 Å². The molecule has 3 aromatic rings. The molecule has 5 heteroatoms. The van der Waals surface area contributed by atoms with E-state index in [-0.39, 0.29) is 13.4 Å². The fourth-order valence-corrected chi connectivity index (χ4v) is 2.85. The molecule has 0 bridgehead atoms. The molecule has 2 aromatic carbocycles. The molecule has 1 N–H and O–H groups in total.